The number of nitrogens with zero attached hydrogens (tertiary/aromatic N) is 1. The van der Waals surface area contributed by atoms with E-state index in [0.717, 1.165) is 0 Å². The molecule has 0 unspecified atom stereocenters. The van der Waals surface area contributed by atoms with Crippen LogP contribution in [0.4, 0.5) is 5.69 Å². The Morgan fingerprint density at radius 1 is 1.41 bits per heavy atom. The van der Waals surface area contributed by atoms with Crippen LogP contribution >= 0.6 is 0 Å². The Morgan fingerprint density at radius 3 is 2.82 bits per heavy atom. The Balaban J connectivity index is 2.61. The van der Waals surface area contributed by atoms with Crippen molar-refractivity contribution in [3.63, 3.8) is 0 Å². The first kappa shape index (κ1) is 12.9. The van der Waals surface area contributed by atoms with E-state index in [2.05, 4.69) is 21.0 Å². The maximum absolute atomic E-state index is 11.7. The van der Waals surface area contributed by atoms with Gasteiger partial charge in [-0.2, -0.15) is 0 Å². The number of amides is 2. The molecule has 7 nitrogen and oxygen atoms in total. The van der Waals surface area contributed by atoms with Crippen molar-refractivity contribution in [2.75, 3.05) is 18.5 Å². The number of carbonyl (C=O) groups excluding carboxylic acids is 2. The fraction of sp³-hybridized carbons (Fsp3) is 0.300. The van der Waals surface area contributed by atoms with Crippen LogP contribution in [0.15, 0.2) is 18.5 Å². The molecule has 92 valence electrons. The number of pyridine rings is 1. The van der Waals surface area contributed by atoms with Gasteiger partial charge in [-0.3, -0.25) is 20.4 Å². The van der Waals surface area contributed by atoms with Crippen molar-refractivity contribution in [1.29, 1.82) is 0 Å². The minimum Gasteiger partial charge on any atom is -0.355 e. The largest absolute Gasteiger partial charge is 0.355 e. The third-order valence-electron chi connectivity index (χ3n) is 2.00. The first-order valence-electron chi connectivity index (χ1n) is 5.14. The topological polar surface area (TPSA) is 109 Å². The molecule has 0 aliphatic carbocycles. The molecular weight excluding hydrogens is 222 g/mol. The highest BCUT2D eigenvalue weighted by atomic mass is 16.2. The monoisotopic (exact) mass is 237 g/mol. The van der Waals surface area contributed by atoms with Gasteiger partial charge in [0.15, 0.2) is 0 Å². The summed E-state index contributed by atoms with van der Waals surface area (Å²) in [6.07, 6.45) is 2.89. The van der Waals surface area contributed by atoms with Gasteiger partial charge in [-0.05, 0) is 13.0 Å². The lowest BCUT2D eigenvalue weighted by Gasteiger charge is -2.08. The second-order valence-electron chi connectivity index (χ2n) is 3.20. The summed E-state index contributed by atoms with van der Waals surface area (Å²) in [7, 11) is 0. The lowest BCUT2D eigenvalue weighted by atomic mass is 10.2. The van der Waals surface area contributed by atoms with Crippen molar-refractivity contribution in [3.8, 4) is 0 Å². The second-order valence-corrected chi connectivity index (χ2v) is 3.20. The van der Waals surface area contributed by atoms with E-state index in [9.17, 15) is 9.59 Å². The summed E-state index contributed by atoms with van der Waals surface area (Å²) in [5.74, 6) is 4.61. The number of nitrogens with two attached hydrogens (primary N) is 1. The van der Waals surface area contributed by atoms with Crippen LogP contribution in [0.3, 0.4) is 0 Å². The predicted octanol–water partition coefficient (Wildman–Crippen LogP) is -0.767. The van der Waals surface area contributed by atoms with Gasteiger partial charge in [-0.25, -0.2) is 0 Å². The summed E-state index contributed by atoms with van der Waals surface area (Å²) in [5.41, 5.74) is 3.13. The number of hydrogen-bond donors (Lipinski definition) is 4. The van der Waals surface area contributed by atoms with Crippen molar-refractivity contribution < 1.29 is 9.59 Å². The van der Waals surface area contributed by atoms with Crippen LogP contribution < -0.4 is 21.9 Å². The number of nitrogens with one attached hydrogen (secondary N) is 3. The van der Waals surface area contributed by atoms with Crippen LogP contribution in [0.5, 0.6) is 0 Å². The van der Waals surface area contributed by atoms with E-state index in [4.69, 9.17) is 5.84 Å². The first-order chi connectivity index (χ1) is 8.19. The number of aromatic nitrogens is 1. The highest BCUT2D eigenvalue weighted by Gasteiger charge is 2.11. The minimum absolute atomic E-state index is 0.0778. The minimum atomic E-state index is -0.405. The number of carbonyl (C=O) groups is 2. The summed E-state index contributed by atoms with van der Waals surface area (Å²) in [6.45, 7) is 2.25. The molecule has 0 aliphatic rings. The maximum atomic E-state index is 11.7. The standard InChI is InChI=1S/C10H15N5O2/c1-2-13-9(16)6-14-10(17)7-5-12-4-3-8(7)15-11/h3-5H,2,6,11H2,1H3,(H,12,15)(H,13,16)(H,14,17). The van der Waals surface area contributed by atoms with Gasteiger partial charge in [0.05, 0.1) is 17.8 Å². The van der Waals surface area contributed by atoms with Crippen LogP contribution in [0.25, 0.3) is 0 Å². The summed E-state index contributed by atoms with van der Waals surface area (Å²) in [5, 5.41) is 5.04. The summed E-state index contributed by atoms with van der Waals surface area (Å²) in [4.78, 5) is 26.7. The van der Waals surface area contributed by atoms with E-state index in [1.807, 2.05) is 0 Å². The number of hydrazine groups is 1. The Kier molecular flexibility index (Phi) is 4.89. The zero-order valence-corrected chi connectivity index (χ0v) is 9.49. The molecule has 0 atom stereocenters. The molecule has 2 amide bonds. The van der Waals surface area contributed by atoms with Gasteiger partial charge >= 0.3 is 0 Å². The molecule has 5 N–H and O–H groups in total. The molecule has 0 saturated heterocycles. The number of nitrogen functional groups attached to an aromatic ring is 1. The Bertz CT molecular complexity index is 407. The fourth-order valence-corrected chi connectivity index (χ4v) is 1.22. The molecule has 7 heteroatoms. The molecule has 1 aromatic heterocycles. The molecule has 1 rings (SSSR count). The molecule has 0 aromatic carbocycles. The zero-order valence-electron chi connectivity index (χ0n) is 9.49. The maximum Gasteiger partial charge on any atom is 0.255 e. The van der Waals surface area contributed by atoms with Crippen LogP contribution in [0, 0.1) is 0 Å². The van der Waals surface area contributed by atoms with Crippen LogP contribution in [0.1, 0.15) is 17.3 Å². The van der Waals surface area contributed by atoms with Gasteiger partial charge in [-0.1, -0.05) is 0 Å². The smallest absolute Gasteiger partial charge is 0.255 e. The molecule has 0 spiro atoms. The second kappa shape index (κ2) is 6.44. The van der Waals surface area contributed by atoms with Gasteiger partial charge in [0.2, 0.25) is 5.91 Å². The average Bonchev–Trinajstić information content (AvgIpc) is 2.36. The normalized spacial score (nSPS) is 9.53. The lowest BCUT2D eigenvalue weighted by Crippen LogP contribution is -2.37. The summed E-state index contributed by atoms with van der Waals surface area (Å²) >= 11 is 0. The Hall–Kier alpha value is -2.15. The van der Waals surface area contributed by atoms with Crippen LogP contribution in [-0.4, -0.2) is 29.9 Å². The highest BCUT2D eigenvalue weighted by molar-refractivity contribution is 6.00. The fourth-order valence-electron chi connectivity index (χ4n) is 1.22. The third kappa shape index (κ3) is 3.72. The first-order valence-corrected chi connectivity index (χ1v) is 5.14. The van der Waals surface area contributed by atoms with Gasteiger partial charge in [0, 0.05) is 18.9 Å². The van der Waals surface area contributed by atoms with Crippen LogP contribution in [0.2, 0.25) is 0 Å². The van der Waals surface area contributed by atoms with Crippen molar-refractivity contribution in [3.05, 3.63) is 24.0 Å². The SMILES string of the molecule is CCNC(=O)CNC(=O)c1cnccc1NN. The number of rotatable bonds is 5. The molecule has 0 fully saturated rings. The molecule has 0 aliphatic heterocycles. The van der Waals surface area contributed by atoms with Gasteiger partial charge in [0.1, 0.15) is 0 Å². The summed E-state index contributed by atoms with van der Waals surface area (Å²) in [6, 6.07) is 1.57. The molecule has 17 heavy (non-hydrogen) atoms. The number of hydrogen-bond acceptors (Lipinski definition) is 5. The molecule has 0 radical (unpaired) electrons. The van der Waals surface area contributed by atoms with Crippen LogP contribution in [-0.2, 0) is 4.79 Å². The third-order valence-corrected chi connectivity index (χ3v) is 2.00. The van der Waals surface area contributed by atoms with Gasteiger partial charge < -0.3 is 16.1 Å². The highest BCUT2D eigenvalue weighted by Crippen LogP contribution is 2.10. The Morgan fingerprint density at radius 2 is 2.18 bits per heavy atom. The van der Waals surface area contributed by atoms with Crippen molar-refractivity contribution in [2.45, 2.75) is 6.92 Å². The van der Waals surface area contributed by atoms with Crippen molar-refractivity contribution >= 4 is 17.5 Å². The van der Waals surface area contributed by atoms with Crippen molar-refractivity contribution in [2.24, 2.45) is 5.84 Å². The molecule has 0 saturated carbocycles. The lowest BCUT2D eigenvalue weighted by molar-refractivity contribution is -0.120. The van der Waals surface area contributed by atoms with Gasteiger partial charge in [0.25, 0.3) is 5.91 Å². The molecule has 1 aromatic rings. The van der Waals surface area contributed by atoms with E-state index in [-0.39, 0.29) is 12.5 Å². The number of likely N-dealkylation sites (N-methyl/N-ethyl adjacent to an activating group) is 1. The van der Waals surface area contributed by atoms with E-state index < -0.39 is 5.91 Å². The van der Waals surface area contributed by atoms with Crippen molar-refractivity contribution in [1.82, 2.24) is 15.6 Å². The molecule has 0 bridgehead atoms. The molecule has 1 heterocycles. The zero-order chi connectivity index (χ0) is 12.7. The predicted molar refractivity (Wildman–Crippen MR) is 63.1 cm³/mol. The molecular formula is C10H15N5O2. The van der Waals surface area contributed by atoms with E-state index >= 15 is 0 Å². The Labute approximate surface area is 98.8 Å². The van der Waals surface area contributed by atoms with E-state index in [1.54, 1.807) is 13.0 Å². The number of anilines is 1. The quantitative estimate of drug-likeness (QED) is 0.397. The van der Waals surface area contributed by atoms with E-state index in [0.29, 0.717) is 17.8 Å². The van der Waals surface area contributed by atoms with E-state index in [1.165, 1.54) is 12.4 Å². The van der Waals surface area contributed by atoms with Gasteiger partial charge in [-0.15, -0.1) is 0 Å². The average molecular weight is 237 g/mol. The summed E-state index contributed by atoms with van der Waals surface area (Å²) < 4.78 is 0.